The third-order valence-corrected chi connectivity index (χ3v) is 11.5. The molecule has 0 fully saturated rings. The van der Waals surface area contributed by atoms with E-state index in [2.05, 4.69) is 158 Å². The van der Waals surface area contributed by atoms with E-state index in [4.69, 9.17) is 19.9 Å². The molecule has 0 bridgehead atoms. The van der Waals surface area contributed by atoms with Gasteiger partial charge in [0.25, 0.3) is 0 Å². The molecule has 0 atom stereocenters. The first-order valence-corrected chi connectivity index (χ1v) is 19.3. The second kappa shape index (κ2) is 13.3. The molecule has 4 nitrogen and oxygen atoms in total. The summed E-state index contributed by atoms with van der Waals surface area (Å²) < 4.78 is 0. The fourth-order valence-corrected chi connectivity index (χ4v) is 9.01. The van der Waals surface area contributed by atoms with Crippen molar-refractivity contribution in [2.45, 2.75) is 5.41 Å². The van der Waals surface area contributed by atoms with Crippen LogP contribution in [0.3, 0.4) is 0 Å². The zero-order valence-corrected chi connectivity index (χ0v) is 30.9. The molecule has 6 aromatic carbocycles. The monoisotopic (exact) mass is 726 g/mol. The van der Waals surface area contributed by atoms with Crippen molar-refractivity contribution in [1.29, 1.82) is 0 Å². The van der Waals surface area contributed by atoms with Gasteiger partial charge in [-0.1, -0.05) is 121 Å². The Balaban J connectivity index is 1.23. The van der Waals surface area contributed by atoms with Gasteiger partial charge in [-0.3, -0.25) is 19.9 Å². The summed E-state index contributed by atoms with van der Waals surface area (Å²) in [6.07, 6.45) is 7.58. The minimum atomic E-state index is -0.709. The van der Waals surface area contributed by atoms with Crippen molar-refractivity contribution in [2.24, 2.45) is 0 Å². The second-order valence-electron chi connectivity index (χ2n) is 14.6. The van der Waals surface area contributed by atoms with Gasteiger partial charge in [-0.15, -0.1) is 0 Å². The Morgan fingerprint density at radius 2 is 0.737 bits per heavy atom. The van der Waals surface area contributed by atoms with E-state index in [0.29, 0.717) is 0 Å². The van der Waals surface area contributed by atoms with Crippen LogP contribution in [0.15, 0.2) is 207 Å². The predicted octanol–water partition coefficient (Wildman–Crippen LogP) is 12.6. The minimum Gasteiger partial charge on any atom is -0.256 e. The fourth-order valence-electron chi connectivity index (χ4n) is 9.01. The normalized spacial score (nSPS) is 12.7. The van der Waals surface area contributed by atoms with E-state index in [1.165, 1.54) is 22.3 Å². The topological polar surface area (TPSA) is 51.6 Å². The van der Waals surface area contributed by atoms with Crippen LogP contribution in [0.5, 0.6) is 0 Å². The van der Waals surface area contributed by atoms with Gasteiger partial charge in [0.15, 0.2) is 0 Å². The van der Waals surface area contributed by atoms with Crippen LogP contribution < -0.4 is 0 Å². The molecule has 57 heavy (non-hydrogen) atoms. The van der Waals surface area contributed by atoms with Crippen LogP contribution in [0.1, 0.15) is 22.3 Å². The van der Waals surface area contributed by atoms with Crippen LogP contribution in [-0.2, 0) is 5.41 Å². The van der Waals surface area contributed by atoms with E-state index in [1.807, 2.05) is 49.1 Å². The first-order chi connectivity index (χ1) is 28.3. The third-order valence-electron chi connectivity index (χ3n) is 11.5. The molecule has 4 aromatic heterocycles. The van der Waals surface area contributed by atoms with Crippen LogP contribution in [-0.4, -0.2) is 19.9 Å². The molecule has 0 saturated heterocycles. The lowest BCUT2D eigenvalue weighted by molar-refractivity contribution is 0.771. The van der Waals surface area contributed by atoms with Gasteiger partial charge in [-0.2, -0.15) is 0 Å². The van der Waals surface area contributed by atoms with Gasteiger partial charge < -0.3 is 0 Å². The number of rotatable bonds is 6. The molecule has 4 heterocycles. The van der Waals surface area contributed by atoms with Gasteiger partial charge in [-0.25, -0.2) is 0 Å². The van der Waals surface area contributed by atoms with E-state index < -0.39 is 5.41 Å². The highest BCUT2D eigenvalue weighted by Crippen LogP contribution is 2.57. The van der Waals surface area contributed by atoms with Gasteiger partial charge in [0.1, 0.15) is 0 Å². The maximum atomic E-state index is 5.01. The summed E-state index contributed by atoms with van der Waals surface area (Å²) >= 11 is 0. The molecule has 1 aliphatic carbocycles. The van der Waals surface area contributed by atoms with Gasteiger partial charge in [-0.05, 0) is 116 Å². The standard InChI is InChI=1S/C53H34N4/c1-3-13-35(14-4-1)37-23-27-54-49(31-37)45-33-41(29-39-17-11-25-56-51(39)45)53(47-21-9-7-19-43(47)44-20-8-10-22-48(44)53)42-30-40-18-12-26-57-52(40)46(34-42)50-32-38(24-28-55-50)36-15-5-2-6-16-36/h1-34H. The Bertz CT molecular complexity index is 2920. The van der Waals surface area contributed by atoms with Crippen molar-refractivity contribution in [3.63, 3.8) is 0 Å². The molecular weight excluding hydrogens is 693 g/mol. The average molecular weight is 727 g/mol. The zero-order chi connectivity index (χ0) is 37.8. The van der Waals surface area contributed by atoms with Crippen LogP contribution in [0, 0.1) is 0 Å². The van der Waals surface area contributed by atoms with E-state index in [-0.39, 0.29) is 0 Å². The summed E-state index contributed by atoms with van der Waals surface area (Å²) in [4.78, 5) is 20.0. The molecule has 0 saturated carbocycles. The van der Waals surface area contributed by atoms with Crippen LogP contribution >= 0.6 is 0 Å². The van der Waals surface area contributed by atoms with Crippen molar-refractivity contribution in [3.05, 3.63) is 229 Å². The lowest BCUT2D eigenvalue weighted by Crippen LogP contribution is -2.29. The fraction of sp³-hybridized carbons (Fsp3) is 0.0189. The highest BCUT2D eigenvalue weighted by Gasteiger charge is 2.46. The molecule has 0 aliphatic heterocycles. The molecule has 0 unspecified atom stereocenters. The Hall–Kier alpha value is -7.56. The number of aromatic nitrogens is 4. The molecule has 0 amide bonds. The molecule has 11 rings (SSSR count). The number of hydrogen-bond donors (Lipinski definition) is 0. The summed E-state index contributed by atoms with van der Waals surface area (Å²) in [5.41, 5.74) is 16.5. The lowest BCUT2D eigenvalue weighted by Gasteiger charge is -2.35. The Morgan fingerprint density at radius 3 is 1.21 bits per heavy atom. The van der Waals surface area contributed by atoms with Crippen LogP contribution in [0.4, 0.5) is 0 Å². The zero-order valence-electron chi connectivity index (χ0n) is 30.9. The van der Waals surface area contributed by atoms with Gasteiger partial charge in [0, 0.05) is 46.7 Å². The molecule has 0 N–H and O–H groups in total. The van der Waals surface area contributed by atoms with Crippen molar-refractivity contribution in [2.75, 3.05) is 0 Å². The summed E-state index contributed by atoms with van der Waals surface area (Å²) in [5.74, 6) is 0. The number of nitrogens with zero attached hydrogens (tertiary/aromatic N) is 4. The summed E-state index contributed by atoms with van der Waals surface area (Å²) in [5, 5.41) is 2.11. The Labute approximate surface area is 330 Å². The van der Waals surface area contributed by atoms with Crippen molar-refractivity contribution in [1.82, 2.24) is 19.9 Å². The van der Waals surface area contributed by atoms with Crippen molar-refractivity contribution < 1.29 is 0 Å². The SMILES string of the molecule is c1ccc(-c2ccnc(-c3cc(C4(c5cc(-c6cc(-c7ccccc7)ccn6)c6ncccc6c5)c5ccccc5-c5ccccc54)cc4cccnc34)c2)cc1. The van der Waals surface area contributed by atoms with Gasteiger partial charge in [0.2, 0.25) is 0 Å². The first kappa shape index (κ1) is 32.8. The summed E-state index contributed by atoms with van der Waals surface area (Å²) in [7, 11) is 0. The third kappa shape index (κ3) is 5.30. The lowest BCUT2D eigenvalue weighted by atomic mass is 9.66. The van der Waals surface area contributed by atoms with Crippen LogP contribution in [0.2, 0.25) is 0 Å². The molecule has 1 aliphatic rings. The highest BCUT2D eigenvalue weighted by atomic mass is 14.7. The van der Waals surface area contributed by atoms with E-state index in [0.717, 1.165) is 77.7 Å². The van der Waals surface area contributed by atoms with Gasteiger partial charge >= 0.3 is 0 Å². The van der Waals surface area contributed by atoms with Crippen molar-refractivity contribution >= 4 is 21.8 Å². The van der Waals surface area contributed by atoms with Crippen LogP contribution in [0.25, 0.3) is 77.7 Å². The van der Waals surface area contributed by atoms with E-state index >= 15 is 0 Å². The molecule has 0 spiro atoms. The Kier molecular flexibility index (Phi) is 7.68. The number of benzene rings is 6. The highest BCUT2D eigenvalue weighted by molar-refractivity contribution is 5.99. The molecule has 266 valence electrons. The van der Waals surface area contributed by atoms with E-state index in [1.54, 1.807) is 0 Å². The average Bonchev–Trinajstić information content (AvgIpc) is 3.60. The molecule has 0 radical (unpaired) electrons. The minimum absolute atomic E-state index is 0.709. The first-order valence-electron chi connectivity index (χ1n) is 19.3. The summed E-state index contributed by atoms with van der Waals surface area (Å²) in [6, 6.07) is 65.0. The maximum absolute atomic E-state index is 5.01. The summed E-state index contributed by atoms with van der Waals surface area (Å²) in [6.45, 7) is 0. The quantitative estimate of drug-likeness (QED) is 0.171. The second-order valence-corrected chi connectivity index (χ2v) is 14.6. The molecular formula is C53H34N4. The van der Waals surface area contributed by atoms with E-state index in [9.17, 15) is 0 Å². The Morgan fingerprint density at radius 1 is 0.298 bits per heavy atom. The smallest absolute Gasteiger partial charge is 0.0796 e. The number of pyridine rings is 4. The molecule has 4 heteroatoms. The predicted molar refractivity (Wildman–Crippen MR) is 232 cm³/mol. The largest absolute Gasteiger partial charge is 0.256 e. The van der Waals surface area contributed by atoms with Crippen molar-refractivity contribution in [3.8, 4) is 55.9 Å². The number of hydrogen-bond acceptors (Lipinski definition) is 4. The number of fused-ring (bicyclic) bond motifs is 5. The van der Waals surface area contributed by atoms with Gasteiger partial charge in [0.05, 0.1) is 27.8 Å². The molecule has 10 aromatic rings. The maximum Gasteiger partial charge on any atom is 0.0796 e.